The average molecular weight is 282 g/mol. The molecule has 0 aromatic carbocycles. The highest BCUT2D eigenvalue weighted by Crippen LogP contribution is 2.22. The molecule has 8 nitrogen and oxygen atoms in total. The summed E-state index contributed by atoms with van der Waals surface area (Å²) in [5, 5.41) is 7.59. The molecule has 1 saturated heterocycles. The monoisotopic (exact) mass is 282 g/mol. The van der Waals surface area contributed by atoms with E-state index < -0.39 is 11.6 Å². The van der Waals surface area contributed by atoms with Gasteiger partial charge in [0.2, 0.25) is 0 Å². The average Bonchev–Trinajstić information content (AvgIpc) is 2.72. The van der Waals surface area contributed by atoms with Crippen LogP contribution in [-0.2, 0) is 9.47 Å². The van der Waals surface area contributed by atoms with Crippen molar-refractivity contribution in [1.82, 2.24) is 19.9 Å². The van der Waals surface area contributed by atoms with Crippen molar-refractivity contribution in [2.24, 2.45) is 0 Å². The van der Waals surface area contributed by atoms with E-state index in [0.717, 1.165) is 0 Å². The summed E-state index contributed by atoms with van der Waals surface area (Å²) in [4.78, 5) is 24.6. The lowest BCUT2D eigenvalue weighted by atomic mass is 10.1. The van der Waals surface area contributed by atoms with Gasteiger partial charge in [0.05, 0.1) is 19.3 Å². The number of ether oxygens (including phenoxy) is 2. The normalized spacial score (nSPS) is 15.7. The van der Waals surface area contributed by atoms with Gasteiger partial charge in [0, 0.05) is 13.1 Å². The number of likely N-dealkylation sites (tertiary alicyclic amines) is 1. The zero-order valence-electron chi connectivity index (χ0n) is 12.0. The van der Waals surface area contributed by atoms with E-state index in [1.54, 1.807) is 9.58 Å². The van der Waals surface area contributed by atoms with Gasteiger partial charge in [-0.2, -0.15) is 0 Å². The molecule has 0 bridgehead atoms. The molecule has 1 aliphatic rings. The Labute approximate surface area is 116 Å². The third-order valence-electron chi connectivity index (χ3n) is 2.79. The maximum atomic E-state index is 11.8. The van der Waals surface area contributed by atoms with Crippen LogP contribution in [0.2, 0.25) is 0 Å². The highest BCUT2D eigenvalue weighted by Gasteiger charge is 2.35. The van der Waals surface area contributed by atoms with Gasteiger partial charge >= 0.3 is 12.1 Å². The van der Waals surface area contributed by atoms with Crippen molar-refractivity contribution in [2.75, 3.05) is 20.2 Å². The van der Waals surface area contributed by atoms with Crippen LogP contribution in [0.1, 0.15) is 37.3 Å². The van der Waals surface area contributed by atoms with Crippen LogP contribution in [0.3, 0.4) is 0 Å². The summed E-state index contributed by atoms with van der Waals surface area (Å²) in [5.74, 6) is -0.528. The van der Waals surface area contributed by atoms with Gasteiger partial charge in [0.25, 0.3) is 0 Å². The molecule has 2 rings (SSSR count). The number of esters is 1. The first kappa shape index (κ1) is 14.3. The van der Waals surface area contributed by atoms with Crippen molar-refractivity contribution in [2.45, 2.75) is 32.4 Å². The summed E-state index contributed by atoms with van der Waals surface area (Å²) in [5.41, 5.74) is -0.351. The largest absolute Gasteiger partial charge is 0.464 e. The fraction of sp³-hybridized carbons (Fsp3) is 0.667. The number of methoxy groups -OCH3 is 1. The predicted octanol–water partition coefficient (Wildman–Crippen LogP) is 0.857. The molecule has 20 heavy (non-hydrogen) atoms. The van der Waals surface area contributed by atoms with Gasteiger partial charge in [0.15, 0.2) is 5.69 Å². The number of carbonyl (C=O) groups excluding carboxylic acids is 2. The quantitative estimate of drug-likeness (QED) is 0.748. The van der Waals surface area contributed by atoms with Crippen LogP contribution in [0.5, 0.6) is 0 Å². The van der Waals surface area contributed by atoms with Gasteiger partial charge in [-0.1, -0.05) is 5.21 Å². The Morgan fingerprint density at radius 1 is 1.35 bits per heavy atom. The molecule has 1 aromatic rings. The maximum Gasteiger partial charge on any atom is 0.410 e. The Hall–Kier alpha value is -2.12. The number of nitrogens with zero attached hydrogens (tertiary/aromatic N) is 4. The van der Waals surface area contributed by atoms with E-state index >= 15 is 0 Å². The number of hydrogen-bond acceptors (Lipinski definition) is 6. The van der Waals surface area contributed by atoms with Crippen LogP contribution in [0.4, 0.5) is 4.79 Å². The topological polar surface area (TPSA) is 86.5 Å². The summed E-state index contributed by atoms with van der Waals surface area (Å²) in [6.45, 7) is 6.43. The molecule has 0 saturated carbocycles. The molecule has 2 heterocycles. The fourth-order valence-corrected chi connectivity index (χ4v) is 1.75. The SMILES string of the molecule is COC(=O)c1cn(C2CN(C(=O)OC(C)(C)C)C2)nn1. The summed E-state index contributed by atoms with van der Waals surface area (Å²) >= 11 is 0. The van der Waals surface area contributed by atoms with E-state index in [1.165, 1.54) is 13.3 Å². The number of amides is 1. The van der Waals surface area contributed by atoms with Crippen LogP contribution >= 0.6 is 0 Å². The number of rotatable bonds is 2. The minimum Gasteiger partial charge on any atom is -0.464 e. The molecular formula is C12H18N4O4. The maximum absolute atomic E-state index is 11.8. The van der Waals surface area contributed by atoms with E-state index in [2.05, 4.69) is 15.0 Å². The van der Waals surface area contributed by atoms with Gasteiger partial charge in [-0.05, 0) is 20.8 Å². The van der Waals surface area contributed by atoms with Crippen LogP contribution in [-0.4, -0.2) is 57.8 Å². The minimum absolute atomic E-state index is 0.00780. The molecule has 0 spiro atoms. The van der Waals surface area contributed by atoms with E-state index in [1.807, 2.05) is 20.8 Å². The van der Waals surface area contributed by atoms with Crippen molar-refractivity contribution in [3.05, 3.63) is 11.9 Å². The smallest absolute Gasteiger partial charge is 0.410 e. The molecule has 8 heteroatoms. The third kappa shape index (κ3) is 3.06. The van der Waals surface area contributed by atoms with Crippen LogP contribution in [0.15, 0.2) is 6.20 Å². The molecule has 0 radical (unpaired) electrons. The van der Waals surface area contributed by atoms with E-state index in [-0.39, 0.29) is 17.8 Å². The molecule has 0 aliphatic carbocycles. The summed E-state index contributed by atoms with van der Waals surface area (Å²) in [7, 11) is 1.29. The highest BCUT2D eigenvalue weighted by molar-refractivity contribution is 5.86. The van der Waals surface area contributed by atoms with Crippen molar-refractivity contribution < 1.29 is 19.1 Å². The zero-order valence-corrected chi connectivity index (χ0v) is 12.0. The molecule has 110 valence electrons. The minimum atomic E-state index is -0.528. The lowest BCUT2D eigenvalue weighted by molar-refractivity contribution is -0.000646. The summed E-state index contributed by atoms with van der Waals surface area (Å²) in [6.07, 6.45) is 1.17. The summed E-state index contributed by atoms with van der Waals surface area (Å²) in [6, 6.07) is 0.00780. The highest BCUT2D eigenvalue weighted by atomic mass is 16.6. The second-order valence-electron chi connectivity index (χ2n) is 5.61. The molecule has 1 amide bonds. The Balaban J connectivity index is 1.89. The van der Waals surface area contributed by atoms with Gasteiger partial charge in [0.1, 0.15) is 5.60 Å². The Morgan fingerprint density at radius 2 is 2.00 bits per heavy atom. The zero-order chi connectivity index (χ0) is 14.9. The molecule has 0 unspecified atom stereocenters. The Kier molecular flexibility index (Phi) is 3.65. The predicted molar refractivity (Wildman–Crippen MR) is 68.2 cm³/mol. The lowest BCUT2D eigenvalue weighted by Gasteiger charge is -2.39. The van der Waals surface area contributed by atoms with Gasteiger partial charge in [-0.15, -0.1) is 5.10 Å². The first-order valence-electron chi connectivity index (χ1n) is 6.28. The third-order valence-corrected chi connectivity index (χ3v) is 2.79. The number of hydrogen-bond donors (Lipinski definition) is 0. The van der Waals surface area contributed by atoms with Crippen molar-refractivity contribution in [1.29, 1.82) is 0 Å². The molecular weight excluding hydrogens is 264 g/mol. The first-order valence-corrected chi connectivity index (χ1v) is 6.28. The van der Waals surface area contributed by atoms with E-state index in [0.29, 0.717) is 13.1 Å². The molecule has 1 aliphatic heterocycles. The molecule has 0 atom stereocenters. The van der Waals surface area contributed by atoms with Crippen LogP contribution < -0.4 is 0 Å². The number of carbonyl (C=O) groups is 2. The van der Waals surface area contributed by atoms with E-state index in [9.17, 15) is 9.59 Å². The van der Waals surface area contributed by atoms with Gasteiger partial charge in [-0.25, -0.2) is 14.3 Å². The number of aromatic nitrogens is 3. The molecule has 0 N–H and O–H groups in total. The fourth-order valence-electron chi connectivity index (χ4n) is 1.75. The molecule has 1 aromatic heterocycles. The first-order chi connectivity index (χ1) is 9.30. The van der Waals surface area contributed by atoms with Crippen LogP contribution in [0, 0.1) is 0 Å². The van der Waals surface area contributed by atoms with Crippen molar-refractivity contribution in [3.8, 4) is 0 Å². The lowest BCUT2D eigenvalue weighted by Crippen LogP contribution is -2.52. The summed E-state index contributed by atoms with van der Waals surface area (Å²) < 4.78 is 11.4. The second-order valence-corrected chi connectivity index (χ2v) is 5.61. The molecule has 1 fully saturated rings. The van der Waals surface area contributed by atoms with Gasteiger partial charge < -0.3 is 14.4 Å². The Morgan fingerprint density at radius 3 is 2.55 bits per heavy atom. The second kappa shape index (κ2) is 5.10. The van der Waals surface area contributed by atoms with Gasteiger partial charge in [-0.3, -0.25) is 0 Å². The van der Waals surface area contributed by atoms with Crippen LogP contribution in [0.25, 0.3) is 0 Å². The Bertz CT molecular complexity index is 514. The van der Waals surface area contributed by atoms with E-state index in [4.69, 9.17) is 4.74 Å². The standard InChI is InChI=1S/C12H18N4O4/c1-12(2,3)20-11(18)15-5-8(6-15)16-7-9(13-14-16)10(17)19-4/h7-8H,5-6H2,1-4H3. The van der Waals surface area contributed by atoms with Crippen molar-refractivity contribution >= 4 is 12.1 Å². The van der Waals surface area contributed by atoms with Crippen molar-refractivity contribution in [3.63, 3.8) is 0 Å².